The number of carbonyl (C=O) groups is 2. The number of amides is 2. The second-order valence-corrected chi connectivity index (χ2v) is 8.24. The zero-order chi connectivity index (χ0) is 19.7. The Morgan fingerprint density at radius 2 is 1.86 bits per heavy atom. The number of fused-ring (bicyclic) bond motifs is 2. The molecular formula is C21H29N3O4. The van der Waals surface area contributed by atoms with Crippen LogP contribution in [0.15, 0.2) is 24.3 Å². The monoisotopic (exact) mass is 387 g/mol. The van der Waals surface area contributed by atoms with Crippen molar-refractivity contribution in [2.75, 3.05) is 31.5 Å². The third-order valence-electron chi connectivity index (χ3n) is 6.12. The Bertz CT molecular complexity index is 735. The van der Waals surface area contributed by atoms with Gasteiger partial charge in [-0.1, -0.05) is 18.2 Å². The van der Waals surface area contributed by atoms with E-state index >= 15 is 0 Å². The van der Waals surface area contributed by atoms with Crippen molar-refractivity contribution in [3.63, 3.8) is 0 Å². The van der Waals surface area contributed by atoms with Crippen molar-refractivity contribution in [2.24, 2.45) is 0 Å². The highest BCUT2D eigenvalue weighted by molar-refractivity contribution is 5.88. The van der Waals surface area contributed by atoms with Crippen molar-refractivity contribution in [2.45, 2.75) is 57.3 Å². The average molecular weight is 387 g/mol. The molecule has 28 heavy (non-hydrogen) atoms. The fraction of sp³-hybridized carbons (Fsp3) is 0.619. The number of nitrogens with zero attached hydrogens (tertiary/aromatic N) is 2. The number of hydrogen-bond donors (Lipinski definition) is 1. The first-order valence-electron chi connectivity index (χ1n) is 10.3. The topological polar surface area (TPSA) is 71.1 Å². The third-order valence-corrected chi connectivity index (χ3v) is 6.12. The smallest absolute Gasteiger partial charge is 0.412 e. The molecule has 7 heteroatoms. The summed E-state index contributed by atoms with van der Waals surface area (Å²) in [4.78, 5) is 28.4. The van der Waals surface area contributed by atoms with E-state index in [0.717, 1.165) is 63.1 Å². The maximum Gasteiger partial charge on any atom is 0.412 e. The summed E-state index contributed by atoms with van der Waals surface area (Å²) in [5.74, 6) is 0. The van der Waals surface area contributed by atoms with Crippen molar-refractivity contribution < 1.29 is 19.1 Å². The van der Waals surface area contributed by atoms with Crippen LogP contribution in [0.4, 0.5) is 15.3 Å². The van der Waals surface area contributed by atoms with Crippen LogP contribution < -0.4 is 5.32 Å². The molecule has 1 aromatic rings. The van der Waals surface area contributed by atoms with E-state index < -0.39 is 5.60 Å². The number of benzene rings is 1. The number of para-hydroxylation sites is 1. The minimum atomic E-state index is -0.517. The van der Waals surface area contributed by atoms with Crippen LogP contribution in [0.2, 0.25) is 0 Å². The summed E-state index contributed by atoms with van der Waals surface area (Å²) in [6.07, 6.45) is 2.86. The molecular weight excluding hydrogens is 358 g/mol. The SMILES string of the molecule is CC(C)OC(=O)N1CCC(N2CCC3(CC2)OC(=O)Nc2ccccc23)CC1. The molecule has 3 heterocycles. The highest BCUT2D eigenvalue weighted by atomic mass is 16.6. The van der Waals surface area contributed by atoms with E-state index in [2.05, 4.69) is 16.3 Å². The maximum absolute atomic E-state index is 12.1. The molecule has 152 valence electrons. The van der Waals surface area contributed by atoms with Gasteiger partial charge in [-0.25, -0.2) is 9.59 Å². The maximum atomic E-state index is 12.1. The summed E-state index contributed by atoms with van der Waals surface area (Å²) in [5, 5.41) is 2.81. The van der Waals surface area contributed by atoms with Crippen LogP contribution in [-0.2, 0) is 15.1 Å². The Hall–Kier alpha value is -2.28. The van der Waals surface area contributed by atoms with Crippen LogP contribution >= 0.6 is 0 Å². The van der Waals surface area contributed by atoms with Gasteiger partial charge in [0.25, 0.3) is 0 Å². The summed E-state index contributed by atoms with van der Waals surface area (Å²) in [5.41, 5.74) is 1.43. The van der Waals surface area contributed by atoms with Crippen LogP contribution in [0.3, 0.4) is 0 Å². The lowest BCUT2D eigenvalue weighted by Crippen LogP contribution is -2.53. The molecule has 0 unspecified atom stereocenters. The first kappa shape index (κ1) is 19.1. The lowest BCUT2D eigenvalue weighted by atomic mass is 9.81. The zero-order valence-corrected chi connectivity index (χ0v) is 16.6. The molecule has 2 fully saturated rings. The summed E-state index contributed by atoms with van der Waals surface area (Å²) < 4.78 is 11.1. The Morgan fingerprint density at radius 3 is 2.54 bits per heavy atom. The number of carbonyl (C=O) groups excluding carboxylic acids is 2. The van der Waals surface area contributed by atoms with Gasteiger partial charge in [0.1, 0.15) is 5.60 Å². The van der Waals surface area contributed by atoms with E-state index in [4.69, 9.17) is 9.47 Å². The van der Waals surface area contributed by atoms with Gasteiger partial charge in [-0.05, 0) is 32.8 Å². The van der Waals surface area contributed by atoms with Gasteiger partial charge in [0, 0.05) is 50.6 Å². The Labute approximate surface area is 166 Å². The highest BCUT2D eigenvalue weighted by Gasteiger charge is 2.45. The summed E-state index contributed by atoms with van der Waals surface area (Å²) in [6, 6.07) is 8.40. The van der Waals surface area contributed by atoms with Crippen molar-refractivity contribution in [3.8, 4) is 0 Å². The van der Waals surface area contributed by atoms with Crippen LogP contribution in [-0.4, -0.2) is 60.3 Å². The van der Waals surface area contributed by atoms with E-state index in [1.165, 1.54) is 0 Å². The molecule has 1 N–H and O–H groups in total. The van der Waals surface area contributed by atoms with Crippen LogP contribution in [0, 0.1) is 0 Å². The summed E-state index contributed by atoms with van der Waals surface area (Å²) in [6.45, 7) is 7.00. The van der Waals surface area contributed by atoms with E-state index in [1.54, 1.807) is 0 Å². The molecule has 3 aliphatic rings. The molecule has 2 saturated heterocycles. The Morgan fingerprint density at radius 1 is 1.18 bits per heavy atom. The fourth-order valence-electron chi connectivity index (χ4n) is 4.67. The molecule has 2 amide bonds. The van der Waals surface area contributed by atoms with Crippen LogP contribution in [0.5, 0.6) is 0 Å². The molecule has 0 aliphatic carbocycles. The normalized spacial score (nSPS) is 22.5. The van der Waals surface area contributed by atoms with Crippen LogP contribution in [0.25, 0.3) is 0 Å². The Balaban J connectivity index is 1.36. The number of likely N-dealkylation sites (tertiary alicyclic amines) is 2. The summed E-state index contributed by atoms with van der Waals surface area (Å²) >= 11 is 0. The van der Waals surface area contributed by atoms with Gasteiger partial charge in [0.15, 0.2) is 0 Å². The number of hydrogen-bond acceptors (Lipinski definition) is 5. The lowest BCUT2D eigenvalue weighted by Gasteiger charge is -2.47. The van der Waals surface area contributed by atoms with Crippen LogP contribution in [0.1, 0.15) is 45.1 Å². The molecule has 0 aromatic heterocycles. The quantitative estimate of drug-likeness (QED) is 0.840. The third kappa shape index (κ3) is 3.68. The molecule has 3 aliphatic heterocycles. The lowest BCUT2D eigenvalue weighted by molar-refractivity contribution is -0.0506. The predicted octanol–water partition coefficient (Wildman–Crippen LogP) is 3.55. The van der Waals surface area contributed by atoms with E-state index in [1.807, 2.05) is 36.9 Å². The molecule has 0 saturated carbocycles. The average Bonchev–Trinajstić information content (AvgIpc) is 2.68. The minimum absolute atomic E-state index is 0.0842. The minimum Gasteiger partial charge on any atom is -0.447 e. The Kier molecular flexibility index (Phi) is 5.19. The molecule has 7 nitrogen and oxygen atoms in total. The van der Waals surface area contributed by atoms with Gasteiger partial charge in [-0.2, -0.15) is 0 Å². The van der Waals surface area contributed by atoms with E-state index in [-0.39, 0.29) is 18.3 Å². The predicted molar refractivity (Wildman–Crippen MR) is 105 cm³/mol. The molecule has 1 spiro atoms. The van der Waals surface area contributed by atoms with Crippen molar-refractivity contribution in [1.29, 1.82) is 0 Å². The number of piperidine rings is 2. The fourth-order valence-corrected chi connectivity index (χ4v) is 4.67. The van der Waals surface area contributed by atoms with Gasteiger partial charge in [0.2, 0.25) is 0 Å². The van der Waals surface area contributed by atoms with Crippen molar-refractivity contribution in [3.05, 3.63) is 29.8 Å². The second-order valence-electron chi connectivity index (χ2n) is 8.24. The molecule has 4 rings (SSSR count). The van der Waals surface area contributed by atoms with Gasteiger partial charge in [-0.3, -0.25) is 10.2 Å². The number of anilines is 1. The second kappa shape index (κ2) is 7.62. The number of rotatable bonds is 2. The first-order chi connectivity index (χ1) is 13.5. The van der Waals surface area contributed by atoms with Crippen molar-refractivity contribution in [1.82, 2.24) is 9.80 Å². The van der Waals surface area contributed by atoms with Gasteiger partial charge < -0.3 is 14.4 Å². The van der Waals surface area contributed by atoms with E-state index in [9.17, 15) is 9.59 Å². The number of ether oxygens (including phenoxy) is 2. The highest BCUT2D eigenvalue weighted by Crippen LogP contribution is 2.43. The molecule has 1 aromatic carbocycles. The largest absolute Gasteiger partial charge is 0.447 e. The van der Waals surface area contributed by atoms with Gasteiger partial charge in [0.05, 0.1) is 11.8 Å². The first-order valence-corrected chi connectivity index (χ1v) is 10.3. The van der Waals surface area contributed by atoms with Gasteiger partial charge >= 0.3 is 12.2 Å². The molecule has 0 atom stereocenters. The summed E-state index contributed by atoms with van der Waals surface area (Å²) in [7, 11) is 0. The van der Waals surface area contributed by atoms with Gasteiger partial charge in [-0.15, -0.1) is 0 Å². The molecule has 0 bridgehead atoms. The number of nitrogens with one attached hydrogen (secondary N) is 1. The van der Waals surface area contributed by atoms with Crippen molar-refractivity contribution >= 4 is 17.9 Å². The standard InChI is InChI=1S/C21H29N3O4/c1-15(2)27-20(26)24-11-7-16(8-12-24)23-13-9-21(10-14-23)17-5-3-4-6-18(17)22-19(25)28-21/h3-6,15-16H,7-14H2,1-2H3,(H,22,25). The van der Waals surface area contributed by atoms with E-state index in [0.29, 0.717) is 6.04 Å². The molecule has 0 radical (unpaired) electrons. The zero-order valence-electron chi connectivity index (χ0n) is 16.6.